The van der Waals surface area contributed by atoms with Crippen LogP contribution in [0.4, 0.5) is 0 Å². The van der Waals surface area contributed by atoms with E-state index < -0.39 is 5.60 Å². The Labute approximate surface area is 99.4 Å². The van der Waals surface area contributed by atoms with Gasteiger partial charge in [0.05, 0.1) is 24.8 Å². The molecule has 2 N–H and O–H groups in total. The highest BCUT2D eigenvalue weighted by molar-refractivity contribution is 6.33. The molecule has 0 radical (unpaired) electrons. The van der Waals surface area contributed by atoms with Crippen molar-refractivity contribution in [2.45, 2.75) is 19.4 Å². The Hall–Kier alpha value is -1.13. The third kappa shape index (κ3) is 2.18. The molecule has 0 amide bonds. The molecule has 0 unspecified atom stereocenters. The lowest BCUT2D eigenvalue weighted by Gasteiger charge is -2.23. The van der Waals surface area contributed by atoms with E-state index in [1.54, 1.807) is 0 Å². The van der Waals surface area contributed by atoms with E-state index in [0.717, 1.165) is 0 Å². The topological polar surface area (TPSA) is 58.9 Å². The van der Waals surface area contributed by atoms with Gasteiger partial charge in [-0.3, -0.25) is 0 Å². The number of aliphatic hydroxyl groups is 1. The maximum Gasteiger partial charge on any atom is 0.180 e. The van der Waals surface area contributed by atoms with Crippen LogP contribution in [0.2, 0.25) is 5.02 Å². The van der Waals surface area contributed by atoms with Gasteiger partial charge >= 0.3 is 0 Å². The summed E-state index contributed by atoms with van der Waals surface area (Å²) in [4.78, 5) is 0. The smallest absolute Gasteiger partial charge is 0.180 e. The van der Waals surface area contributed by atoms with Gasteiger partial charge in [-0.1, -0.05) is 11.6 Å². The van der Waals surface area contributed by atoms with Crippen LogP contribution in [0.25, 0.3) is 0 Å². The molecule has 5 heteroatoms. The lowest BCUT2D eigenvalue weighted by molar-refractivity contribution is 0.0755. The number of hydrogen-bond acceptors (Lipinski definition) is 4. The minimum absolute atomic E-state index is 0.129. The van der Waals surface area contributed by atoms with Gasteiger partial charge in [0.2, 0.25) is 0 Å². The van der Waals surface area contributed by atoms with Gasteiger partial charge in [0.1, 0.15) is 5.75 Å². The van der Waals surface area contributed by atoms with Gasteiger partial charge in [-0.05, 0) is 13.8 Å². The van der Waals surface area contributed by atoms with Gasteiger partial charge in [0.25, 0.3) is 0 Å². The fraction of sp³-hybridized carbons (Fsp3) is 0.455. The van der Waals surface area contributed by atoms with Gasteiger partial charge in [-0.15, -0.1) is 0 Å². The summed E-state index contributed by atoms with van der Waals surface area (Å²) in [5, 5.41) is 19.8. The predicted molar refractivity (Wildman–Crippen MR) is 61.5 cm³/mol. The van der Waals surface area contributed by atoms with Gasteiger partial charge in [-0.2, -0.15) is 0 Å². The van der Waals surface area contributed by atoms with Crippen LogP contribution in [-0.4, -0.2) is 24.4 Å². The van der Waals surface area contributed by atoms with Crippen LogP contribution in [-0.2, 0) is 5.60 Å². The molecule has 0 saturated carbocycles. The predicted octanol–water partition coefficient (Wildman–Crippen LogP) is 2.29. The molecule has 0 aliphatic rings. The number of halogens is 1. The van der Waals surface area contributed by atoms with Crippen LogP contribution < -0.4 is 9.47 Å². The van der Waals surface area contributed by atoms with Crippen molar-refractivity contribution in [3.8, 4) is 17.2 Å². The number of ether oxygens (including phenoxy) is 2. The zero-order chi connectivity index (χ0) is 12.5. The molecule has 0 aliphatic carbocycles. The zero-order valence-electron chi connectivity index (χ0n) is 9.67. The summed E-state index contributed by atoms with van der Waals surface area (Å²) < 4.78 is 10.1. The van der Waals surface area contributed by atoms with E-state index in [1.807, 2.05) is 0 Å². The van der Waals surface area contributed by atoms with Crippen LogP contribution >= 0.6 is 11.6 Å². The second kappa shape index (κ2) is 4.39. The monoisotopic (exact) mass is 246 g/mol. The summed E-state index contributed by atoms with van der Waals surface area (Å²) in [6.07, 6.45) is 0. The number of phenols is 1. The Bertz CT molecular complexity index is 396. The number of aromatic hydroxyl groups is 1. The van der Waals surface area contributed by atoms with E-state index in [4.69, 9.17) is 21.1 Å². The minimum Gasteiger partial charge on any atom is -0.507 e. The van der Waals surface area contributed by atoms with Crippen molar-refractivity contribution in [2.75, 3.05) is 14.2 Å². The molecule has 0 spiro atoms. The van der Waals surface area contributed by atoms with Crippen LogP contribution in [0.3, 0.4) is 0 Å². The molecule has 0 bridgehead atoms. The third-order valence-electron chi connectivity index (χ3n) is 2.20. The molecule has 0 heterocycles. The van der Waals surface area contributed by atoms with Crippen molar-refractivity contribution in [1.82, 2.24) is 0 Å². The molecule has 0 aromatic heterocycles. The Morgan fingerprint density at radius 2 is 1.81 bits per heavy atom. The molecule has 0 atom stereocenters. The molecule has 0 fully saturated rings. The molecule has 1 aromatic rings. The average Bonchev–Trinajstić information content (AvgIpc) is 2.14. The maximum absolute atomic E-state index is 9.89. The van der Waals surface area contributed by atoms with Gasteiger partial charge in [0.15, 0.2) is 11.5 Å². The quantitative estimate of drug-likeness (QED) is 0.859. The summed E-state index contributed by atoms with van der Waals surface area (Å²) in [5.74, 6) is 0.479. The first-order chi connectivity index (χ1) is 7.32. The summed E-state index contributed by atoms with van der Waals surface area (Å²) in [7, 11) is 2.88. The van der Waals surface area contributed by atoms with Crippen LogP contribution in [0, 0.1) is 0 Å². The lowest BCUT2D eigenvalue weighted by Crippen LogP contribution is -2.17. The van der Waals surface area contributed by atoms with E-state index >= 15 is 0 Å². The Morgan fingerprint density at radius 1 is 1.25 bits per heavy atom. The fourth-order valence-corrected chi connectivity index (χ4v) is 2.02. The number of benzene rings is 1. The van der Waals surface area contributed by atoms with Crippen molar-refractivity contribution in [2.24, 2.45) is 0 Å². The molecule has 90 valence electrons. The SMILES string of the molecule is COc1cc(O)c(C(C)(C)O)c(Cl)c1OC. The summed E-state index contributed by atoms with van der Waals surface area (Å²) >= 11 is 6.06. The highest BCUT2D eigenvalue weighted by atomic mass is 35.5. The first kappa shape index (κ1) is 12.9. The highest BCUT2D eigenvalue weighted by Crippen LogP contribution is 2.46. The van der Waals surface area contributed by atoms with Gasteiger partial charge < -0.3 is 19.7 Å². The van der Waals surface area contributed by atoms with Crippen LogP contribution in [0.15, 0.2) is 6.07 Å². The van der Waals surface area contributed by atoms with Crippen molar-refractivity contribution < 1.29 is 19.7 Å². The number of hydrogen-bond donors (Lipinski definition) is 2. The normalized spacial score (nSPS) is 11.4. The zero-order valence-corrected chi connectivity index (χ0v) is 10.4. The van der Waals surface area contributed by atoms with E-state index in [-0.39, 0.29) is 16.3 Å². The Balaban J connectivity index is 3.54. The van der Waals surface area contributed by atoms with E-state index in [1.165, 1.54) is 34.1 Å². The fourth-order valence-electron chi connectivity index (χ4n) is 1.52. The van der Waals surface area contributed by atoms with E-state index in [9.17, 15) is 10.2 Å². The first-order valence-electron chi connectivity index (χ1n) is 4.69. The average molecular weight is 247 g/mol. The summed E-state index contributed by atoms with van der Waals surface area (Å²) in [5.41, 5.74) is -1.05. The standard InChI is InChI=1S/C11H15ClO4/c1-11(2,14)8-6(13)5-7(15-3)10(16-4)9(8)12/h5,13-14H,1-4H3. The highest BCUT2D eigenvalue weighted by Gasteiger charge is 2.28. The van der Waals surface area contributed by atoms with Crippen molar-refractivity contribution in [1.29, 1.82) is 0 Å². The first-order valence-corrected chi connectivity index (χ1v) is 5.07. The number of rotatable bonds is 3. The molecule has 0 aliphatic heterocycles. The summed E-state index contributed by atoms with van der Waals surface area (Å²) in [6.45, 7) is 3.06. The van der Waals surface area contributed by atoms with Crippen molar-refractivity contribution >= 4 is 11.6 Å². The van der Waals surface area contributed by atoms with Crippen molar-refractivity contribution in [3.05, 3.63) is 16.7 Å². The molecule has 1 aromatic carbocycles. The molecule has 16 heavy (non-hydrogen) atoms. The van der Waals surface area contributed by atoms with Gasteiger partial charge in [0, 0.05) is 11.6 Å². The molecule has 0 saturated heterocycles. The van der Waals surface area contributed by atoms with Crippen LogP contribution in [0.5, 0.6) is 17.2 Å². The molecular formula is C11H15ClO4. The molecule has 4 nitrogen and oxygen atoms in total. The summed E-state index contributed by atoms with van der Waals surface area (Å²) in [6, 6.07) is 1.36. The van der Waals surface area contributed by atoms with E-state index in [0.29, 0.717) is 11.5 Å². The molecule has 1 rings (SSSR count). The Morgan fingerprint density at radius 3 is 2.19 bits per heavy atom. The number of methoxy groups -OCH3 is 2. The minimum atomic E-state index is -1.26. The van der Waals surface area contributed by atoms with Crippen LogP contribution in [0.1, 0.15) is 19.4 Å². The molecular weight excluding hydrogens is 232 g/mol. The maximum atomic E-state index is 9.89. The van der Waals surface area contributed by atoms with Gasteiger partial charge in [-0.25, -0.2) is 0 Å². The Kier molecular flexibility index (Phi) is 3.55. The lowest BCUT2D eigenvalue weighted by atomic mass is 9.96. The third-order valence-corrected chi connectivity index (χ3v) is 2.56. The largest absolute Gasteiger partial charge is 0.507 e. The van der Waals surface area contributed by atoms with Crippen molar-refractivity contribution in [3.63, 3.8) is 0 Å². The second-order valence-corrected chi connectivity index (χ2v) is 4.26. The second-order valence-electron chi connectivity index (χ2n) is 3.88. The number of phenolic OH excluding ortho intramolecular Hbond substituents is 1. The van der Waals surface area contributed by atoms with E-state index in [2.05, 4.69) is 0 Å².